The predicted molar refractivity (Wildman–Crippen MR) is 131 cm³/mol. The summed E-state index contributed by atoms with van der Waals surface area (Å²) < 4.78 is 6.93. The zero-order valence-corrected chi connectivity index (χ0v) is 20.8. The molecule has 0 saturated heterocycles. The molecule has 9 nitrogen and oxygen atoms in total. The molecule has 35 heavy (non-hydrogen) atoms. The van der Waals surface area contributed by atoms with Crippen molar-refractivity contribution in [3.8, 4) is 5.75 Å². The van der Waals surface area contributed by atoms with Crippen molar-refractivity contribution in [1.82, 2.24) is 25.3 Å². The summed E-state index contributed by atoms with van der Waals surface area (Å²) in [5, 5.41) is 10.4. The second kappa shape index (κ2) is 10.5. The Labute approximate surface area is 206 Å². The number of aromatic nitrogens is 2. The van der Waals surface area contributed by atoms with Crippen molar-refractivity contribution >= 4 is 17.7 Å². The van der Waals surface area contributed by atoms with Crippen LogP contribution in [0.15, 0.2) is 30.3 Å². The Morgan fingerprint density at radius 1 is 1.14 bits per heavy atom. The van der Waals surface area contributed by atoms with Gasteiger partial charge < -0.3 is 20.3 Å². The lowest BCUT2D eigenvalue weighted by molar-refractivity contribution is -0.133. The van der Waals surface area contributed by atoms with Gasteiger partial charge in [0.15, 0.2) is 5.69 Å². The van der Waals surface area contributed by atoms with Crippen molar-refractivity contribution in [2.75, 3.05) is 13.7 Å². The first-order valence-corrected chi connectivity index (χ1v) is 12.5. The van der Waals surface area contributed by atoms with E-state index >= 15 is 0 Å². The van der Waals surface area contributed by atoms with Gasteiger partial charge >= 0.3 is 0 Å². The highest BCUT2D eigenvalue weighted by Crippen LogP contribution is 2.27. The highest BCUT2D eigenvalue weighted by molar-refractivity contribution is 6.01. The van der Waals surface area contributed by atoms with Crippen molar-refractivity contribution in [2.24, 2.45) is 0 Å². The van der Waals surface area contributed by atoms with Crippen molar-refractivity contribution in [3.63, 3.8) is 0 Å². The molecule has 0 radical (unpaired) electrons. The molecular formula is C26H35N5O4. The average Bonchev–Trinajstić information content (AvgIpc) is 3.10. The molecule has 1 fully saturated rings. The number of rotatable bonds is 7. The first-order chi connectivity index (χ1) is 16.8. The molecule has 1 aromatic carbocycles. The van der Waals surface area contributed by atoms with Crippen LogP contribution in [0.4, 0.5) is 0 Å². The number of likely N-dealkylation sites (N-methyl/N-ethyl adjacent to an activating group) is 1. The first kappa shape index (κ1) is 24.8. The van der Waals surface area contributed by atoms with E-state index in [2.05, 4.69) is 15.7 Å². The van der Waals surface area contributed by atoms with Crippen LogP contribution in [0.5, 0.6) is 5.75 Å². The fraction of sp³-hybridized carbons (Fsp3) is 0.538. The van der Waals surface area contributed by atoms with Crippen LogP contribution in [-0.4, -0.2) is 57.6 Å². The zero-order valence-electron chi connectivity index (χ0n) is 20.8. The monoisotopic (exact) mass is 481 g/mol. The third-order valence-electron chi connectivity index (χ3n) is 7.10. The molecule has 2 aromatic rings. The molecule has 4 rings (SSSR count). The minimum Gasteiger partial charge on any atom is -0.494 e. The lowest BCUT2D eigenvalue weighted by Gasteiger charge is -2.41. The van der Waals surface area contributed by atoms with E-state index in [1.165, 1.54) is 28.5 Å². The highest BCUT2D eigenvalue weighted by atomic mass is 16.5. The third-order valence-corrected chi connectivity index (χ3v) is 7.10. The molecular weight excluding hydrogens is 446 g/mol. The minimum absolute atomic E-state index is 0.133. The number of hydrogen-bond donors (Lipinski definition) is 2. The van der Waals surface area contributed by atoms with Crippen LogP contribution >= 0.6 is 0 Å². The Kier molecular flexibility index (Phi) is 7.42. The van der Waals surface area contributed by atoms with E-state index in [4.69, 9.17) is 4.74 Å². The van der Waals surface area contributed by atoms with E-state index in [1.807, 2.05) is 31.2 Å². The molecule has 1 aliphatic carbocycles. The lowest BCUT2D eigenvalue weighted by atomic mass is 9.95. The molecule has 1 atom stereocenters. The molecule has 0 unspecified atom stereocenters. The highest BCUT2D eigenvalue weighted by Gasteiger charge is 2.46. The van der Waals surface area contributed by atoms with Gasteiger partial charge in [0.2, 0.25) is 5.91 Å². The largest absolute Gasteiger partial charge is 0.494 e. The number of fused-ring (bicyclic) bond motifs is 1. The second-order valence-corrected chi connectivity index (χ2v) is 9.63. The van der Waals surface area contributed by atoms with Gasteiger partial charge in [-0.1, -0.05) is 37.8 Å². The Hall–Kier alpha value is -3.36. The van der Waals surface area contributed by atoms with Crippen LogP contribution < -0.4 is 15.4 Å². The Bertz CT molecular complexity index is 1070. The van der Waals surface area contributed by atoms with Gasteiger partial charge in [-0.2, -0.15) is 5.10 Å². The van der Waals surface area contributed by atoms with Gasteiger partial charge in [0.25, 0.3) is 11.8 Å². The first-order valence-electron chi connectivity index (χ1n) is 12.5. The SMILES string of the molecule is CCOc1ccc(CNC(=O)c2cc3n(n2)C[C@](C)(C(=O)NC2CCCCCC2)N(C)C3=O)cc1. The topological polar surface area (TPSA) is 106 Å². The summed E-state index contributed by atoms with van der Waals surface area (Å²) in [5.41, 5.74) is 0.294. The molecule has 0 bridgehead atoms. The van der Waals surface area contributed by atoms with Crippen LogP contribution in [0, 0.1) is 0 Å². The van der Waals surface area contributed by atoms with E-state index in [0.29, 0.717) is 18.8 Å². The summed E-state index contributed by atoms with van der Waals surface area (Å²) in [5.74, 6) is -0.102. The maximum atomic E-state index is 13.3. The maximum Gasteiger partial charge on any atom is 0.272 e. The van der Waals surface area contributed by atoms with Crippen molar-refractivity contribution in [2.45, 2.75) is 77.0 Å². The van der Waals surface area contributed by atoms with Crippen molar-refractivity contribution < 1.29 is 19.1 Å². The maximum absolute atomic E-state index is 13.3. The van der Waals surface area contributed by atoms with Gasteiger partial charge in [-0.3, -0.25) is 19.1 Å². The summed E-state index contributed by atoms with van der Waals surface area (Å²) in [7, 11) is 1.64. The molecule has 1 aliphatic heterocycles. The zero-order chi connectivity index (χ0) is 25.0. The molecule has 1 saturated carbocycles. The summed E-state index contributed by atoms with van der Waals surface area (Å²) in [6.45, 7) is 4.79. The van der Waals surface area contributed by atoms with Gasteiger partial charge in [-0.15, -0.1) is 0 Å². The van der Waals surface area contributed by atoms with Crippen molar-refractivity contribution in [3.05, 3.63) is 47.3 Å². The van der Waals surface area contributed by atoms with Gasteiger partial charge in [0.05, 0.1) is 13.2 Å². The van der Waals surface area contributed by atoms with E-state index in [0.717, 1.165) is 37.0 Å². The van der Waals surface area contributed by atoms with Crippen LogP contribution in [0.1, 0.15) is 78.9 Å². The van der Waals surface area contributed by atoms with E-state index in [9.17, 15) is 14.4 Å². The summed E-state index contributed by atoms with van der Waals surface area (Å²) in [6.07, 6.45) is 6.53. The van der Waals surface area contributed by atoms with Crippen LogP contribution in [-0.2, 0) is 17.9 Å². The molecule has 2 heterocycles. The number of benzene rings is 1. The smallest absolute Gasteiger partial charge is 0.272 e. The standard InChI is InChI=1S/C26H35N5O4/c1-4-35-20-13-11-18(12-14-20)16-27-23(32)21-15-22-24(33)30(3)26(2,17-31(22)29-21)25(34)28-19-9-7-5-6-8-10-19/h11-15,19H,4-10,16-17H2,1-3H3,(H,27,32)(H,28,34)/t26-/m1/s1. The third kappa shape index (κ3) is 5.33. The van der Waals surface area contributed by atoms with Crippen LogP contribution in [0.2, 0.25) is 0 Å². The summed E-state index contributed by atoms with van der Waals surface area (Å²) in [6, 6.07) is 9.12. The molecule has 2 N–H and O–H groups in total. The normalized spacial score (nSPS) is 20.7. The summed E-state index contributed by atoms with van der Waals surface area (Å²) in [4.78, 5) is 40.7. The number of ether oxygens (including phenoxy) is 1. The van der Waals surface area contributed by atoms with Gasteiger partial charge in [-0.05, 0) is 44.4 Å². The predicted octanol–water partition coefficient (Wildman–Crippen LogP) is 2.90. The fourth-order valence-electron chi connectivity index (χ4n) is 4.75. The number of carbonyl (C=O) groups excluding carboxylic acids is 3. The van der Waals surface area contributed by atoms with E-state index in [-0.39, 0.29) is 36.0 Å². The molecule has 9 heteroatoms. The van der Waals surface area contributed by atoms with Gasteiger partial charge in [-0.25, -0.2) is 0 Å². The molecule has 188 valence electrons. The van der Waals surface area contributed by atoms with E-state index < -0.39 is 5.54 Å². The van der Waals surface area contributed by atoms with Crippen molar-refractivity contribution in [1.29, 1.82) is 0 Å². The lowest BCUT2D eigenvalue weighted by Crippen LogP contribution is -2.63. The fourth-order valence-corrected chi connectivity index (χ4v) is 4.75. The number of carbonyl (C=O) groups is 3. The summed E-state index contributed by atoms with van der Waals surface area (Å²) >= 11 is 0. The number of hydrogen-bond acceptors (Lipinski definition) is 5. The molecule has 0 spiro atoms. The van der Waals surface area contributed by atoms with Gasteiger partial charge in [0.1, 0.15) is 17.0 Å². The van der Waals surface area contributed by atoms with E-state index in [1.54, 1.807) is 14.0 Å². The number of amides is 3. The minimum atomic E-state index is -1.08. The Balaban J connectivity index is 1.43. The number of nitrogens with zero attached hydrogens (tertiary/aromatic N) is 3. The molecule has 2 aliphatic rings. The van der Waals surface area contributed by atoms with Gasteiger partial charge in [0, 0.05) is 25.7 Å². The Morgan fingerprint density at radius 3 is 2.49 bits per heavy atom. The molecule has 3 amide bonds. The van der Waals surface area contributed by atoms with Crippen LogP contribution in [0.3, 0.4) is 0 Å². The average molecular weight is 482 g/mol. The molecule has 1 aromatic heterocycles. The number of nitrogens with one attached hydrogen (secondary N) is 2. The Morgan fingerprint density at radius 2 is 1.83 bits per heavy atom. The van der Waals surface area contributed by atoms with Crippen LogP contribution in [0.25, 0.3) is 0 Å². The quantitative estimate of drug-likeness (QED) is 0.592. The second-order valence-electron chi connectivity index (χ2n) is 9.63.